The van der Waals surface area contributed by atoms with E-state index in [1.165, 1.54) is 24.4 Å². The number of hydrazone groups is 1. The molecule has 0 bridgehead atoms. The molecule has 20 heavy (non-hydrogen) atoms. The maximum atomic E-state index is 11.5. The zero-order chi connectivity index (χ0) is 15.4. The van der Waals surface area contributed by atoms with Gasteiger partial charge in [-0.15, -0.1) is 0 Å². The molecule has 2 N–H and O–H groups in total. The molecular weight excluding hydrogens is 282 g/mol. The zero-order valence-corrected chi connectivity index (χ0v) is 12.4. The number of nitrogens with one attached hydrogen (secondary N) is 1. The second-order valence-corrected chi connectivity index (χ2v) is 6.64. The van der Waals surface area contributed by atoms with Gasteiger partial charge in [-0.05, 0) is 6.07 Å². The quantitative estimate of drug-likeness (QED) is 0.349. The Hall–Kier alpha value is -1.77. The van der Waals surface area contributed by atoms with Gasteiger partial charge in [-0.3, -0.25) is 9.35 Å². The average Bonchev–Trinajstić information content (AvgIpc) is 2.25. The first-order chi connectivity index (χ1) is 9.09. The second kappa shape index (κ2) is 6.12. The number of amides is 1. The lowest BCUT2D eigenvalue weighted by atomic mass is 10.2. The molecular formula is C12H18N3O4S+. The van der Waals surface area contributed by atoms with Gasteiger partial charge < -0.3 is 4.48 Å². The summed E-state index contributed by atoms with van der Waals surface area (Å²) in [6.07, 6.45) is 1.18. The summed E-state index contributed by atoms with van der Waals surface area (Å²) in [7, 11) is 1.25. The molecule has 1 aromatic carbocycles. The maximum Gasteiger partial charge on any atom is 0.295 e. The summed E-state index contributed by atoms with van der Waals surface area (Å²) in [6, 6.07) is 5.81. The van der Waals surface area contributed by atoms with Crippen LogP contribution in [0.2, 0.25) is 0 Å². The fourth-order valence-electron chi connectivity index (χ4n) is 1.46. The third-order valence-electron chi connectivity index (χ3n) is 2.21. The number of likely N-dealkylation sites (N-methyl/N-ethyl adjacent to an activating group) is 1. The van der Waals surface area contributed by atoms with Gasteiger partial charge in [0.1, 0.15) is 4.90 Å². The molecule has 0 saturated heterocycles. The lowest BCUT2D eigenvalue weighted by molar-refractivity contribution is -0.862. The molecule has 0 fully saturated rings. The molecule has 0 heterocycles. The first-order valence-corrected chi connectivity index (χ1v) is 7.22. The molecule has 110 valence electrons. The van der Waals surface area contributed by atoms with Gasteiger partial charge in [0.05, 0.1) is 27.4 Å². The maximum absolute atomic E-state index is 11.5. The molecule has 1 amide bonds. The number of nitrogens with zero attached hydrogens (tertiary/aromatic N) is 2. The molecule has 0 aliphatic heterocycles. The molecule has 1 aromatic rings. The van der Waals surface area contributed by atoms with Gasteiger partial charge >= 0.3 is 0 Å². The van der Waals surface area contributed by atoms with Crippen molar-refractivity contribution in [3.8, 4) is 0 Å². The highest BCUT2D eigenvalue weighted by Crippen LogP contribution is 2.12. The highest BCUT2D eigenvalue weighted by atomic mass is 32.2. The van der Waals surface area contributed by atoms with E-state index in [2.05, 4.69) is 10.5 Å². The van der Waals surface area contributed by atoms with Gasteiger partial charge in [-0.25, -0.2) is 5.43 Å². The Morgan fingerprint density at radius 3 is 2.50 bits per heavy atom. The monoisotopic (exact) mass is 300 g/mol. The van der Waals surface area contributed by atoms with Crippen LogP contribution in [0.3, 0.4) is 0 Å². The number of quaternary nitrogens is 1. The van der Waals surface area contributed by atoms with Gasteiger partial charge in [0.2, 0.25) is 0 Å². The Morgan fingerprint density at radius 1 is 1.35 bits per heavy atom. The SMILES string of the molecule is C[N+](C)(C)CC(=O)N/N=C\c1ccccc1S(=O)(=O)O. The van der Waals surface area contributed by atoms with Crippen molar-refractivity contribution in [2.45, 2.75) is 4.90 Å². The van der Waals surface area contributed by atoms with Crippen LogP contribution < -0.4 is 5.43 Å². The minimum atomic E-state index is -4.32. The van der Waals surface area contributed by atoms with Crippen LogP contribution in [0.25, 0.3) is 0 Å². The smallest absolute Gasteiger partial charge is 0.295 e. The van der Waals surface area contributed by atoms with E-state index >= 15 is 0 Å². The minimum Gasteiger partial charge on any atom is -0.323 e. The Balaban J connectivity index is 2.80. The van der Waals surface area contributed by atoms with E-state index in [0.29, 0.717) is 4.48 Å². The van der Waals surface area contributed by atoms with Gasteiger partial charge in [-0.2, -0.15) is 13.5 Å². The summed E-state index contributed by atoms with van der Waals surface area (Å²) in [5.74, 6) is -0.293. The molecule has 0 saturated carbocycles. The number of rotatable bonds is 5. The van der Waals surface area contributed by atoms with Crippen molar-refractivity contribution in [2.24, 2.45) is 5.10 Å². The normalized spacial score (nSPS) is 12.6. The van der Waals surface area contributed by atoms with Crippen LogP contribution in [-0.2, 0) is 14.9 Å². The molecule has 0 radical (unpaired) electrons. The molecule has 0 aliphatic rings. The fourth-order valence-corrected chi connectivity index (χ4v) is 2.13. The standard InChI is InChI=1S/C12H17N3O4S/c1-15(2,3)9-12(16)14-13-8-10-6-4-5-7-11(10)20(17,18)19/h4-8H,9H2,1-3H3,(H-,14,16,17,18,19)/p+1/b13-8-. The van der Waals surface area contributed by atoms with Crippen LogP contribution in [0.15, 0.2) is 34.3 Å². The molecule has 0 aliphatic carbocycles. The zero-order valence-electron chi connectivity index (χ0n) is 11.6. The molecule has 1 rings (SSSR count). The average molecular weight is 300 g/mol. The first kappa shape index (κ1) is 16.3. The van der Waals surface area contributed by atoms with Crippen molar-refractivity contribution in [2.75, 3.05) is 27.7 Å². The molecule has 0 spiro atoms. The summed E-state index contributed by atoms with van der Waals surface area (Å²) in [6.45, 7) is 0.233. The van der Waals surface area contributed by atoms with Crippen LogP contribution in [0.5, 0.6) is 0 Å². The first-order valence-electron chi connectivity index (χ1n) is 5.78. The van der Waals surface area contributed by atoms with Crippen molar-refractivity contribution in [1.82, 2.24) is 5.43 Å². The lowest BCUT2D eigenvalue weighted by Crippen LogP contribution is -2.43. The topological polar surface area (TPSA) is 95.8 Å². The van der Waals surface area contributed by atoms with Crippen molar-refractivity contribution in [3.63, 3.8) is 0 Å². The summed E-state index contributed by atoms with van der Waals surface area (Å²) >= 11 is 0. The van der Waals surface area contributed by atoms with Crippen molar-refractivity contribution >= 4 is 22.2 Å². The number of carbonyl (C=O) groups excluding carboxylic acids is 1. The fraction of sp³-hybridized carbons (Fsp3) is 0.333. The van der Waals surface area contributed by atoms with Crippen LogP contribution in [0.4, 0.5) is 0 Å². The highest BCUT2D eigenvalue weighted by molar-refractivity contribution is 7.86. The van der Waals surface area contributed by atoms with Gasteiger partial charge in [-0.1, -0.05) is 18.2 Å². The summed E-state index contributed by atoms with van der Waals surface area (Å²) in [4.78, 5) is 11.3. The molecule has 8 heteroatoms. The molecule has 7 nitrogen and oxygen atoms in total. The summed E-state index contributed by atoms with van der Waals surface area (Å²) in [5, 5.41) is 3.69. The van der Waals surface area contributed by atoms with Gasteiger partial charge in [0.15, 0.2) is 6.54 Å². The Morgan fingerprint density at radius 2 is 1.95 bits per heavy atom. The number of hydrogen-bond donors (Lipinski definition) is 2. The van der Waals surface area contributed by atoms with E-state index in [4.69, 9.17) is 4.55 Å². The third kappa shape index (κ3) is 5.47. The van der Waals surface area contributed by atoms with Crippen LogP contribution in [0.1, 0.15) is 5.56 Å². The van der Waals surface area contributed by atoms with E-state index < -0.39 is 10.1 Å². The number of benzene rings is 1. The van der Waals surface area contributed by atoms with Crippen molar-refractivity contribution < 1.29 is 22.2 Å². The predicted molar refractivity (Wildman–Crippen MR) is 74.9 cm³/mol. The lowest BCUT2D eigenvalue weighted by Gasteiger charge is -2.21. The van der Waals surface area contributed by atoms with Crippen LogP contribution in [0, 0.1) is 0 Å². The largest absolute Gasteiger partial charge is 0.323 e. The number of carbonyl (C=O) groups is 1. The van der Waals surface area contributed by atoms with Gasteiger partial charge in [0.25, 0.3) is 16.0 Å². The summed E-state index contributed by atoms with van der Waals surface area (Å²) < 4.78 is 31.8. The second-order valence-electron chi connectivity index (χ2n) is 5.25. The Labute approximate surface area is 118 Å². The highest BCUT2D eigenvalue weighted by Gasteiger charge is 2.14. The van der Waals surface area contributed by atoms with Crippen LogP contribution >= 0.6 is 0 Å². The van der Waals surface area contributed by atoms with E-state index in [-0.39, 0.29) is 22.9 Å². The van der Waals surface area contributed by atoms with E-state index in [1.807, 2.05) is 21.1 Å². The van der Waals surface area contributed by atoms with Crippen molar-refractivity contribution in [3.05, 3.63) is 29.8 Å². The number of hydrogen-bond acceptors (Lipinski definition) is 4. The Kier molecular flexibility index (Phi) is 4.98. The minimum absolute atomic E-state index is 0.195. The van der Waals surface area contributed by atoms with E-state index in [1.54, 1.807) is 6.07 Å². The predicted octanol–water partition coefficient (Wildman–Crippen LogP) is 0.0896. The Bertz CT molecular complexity index is 618. The van der Waals surface area contributed by atoms with Gasteiger partial charge in [0, 0.05) is 5.56 Å². The third-order valence-corrected chi connectivity index (χ3v) is 3.14. The van der Waals surface area contributed by atoms with E-state index in [0.717, 1.165) is 0 Å². The van der Waals surface area contributed by atoms with Crippen molar-refractivity contribution in [1.29, 1.82) is 0 Å². The van der Waals surface area contributed by atoms with E-state index in [9.17, 15) is 13.2 Å². The molecule has 0 aromatic heterocycles. The molecule has 0 unspecified atom stereocenters. The summed E-state index contributed by atoms with van der Waals surface area (Å²) in [5.41, 5.74) is 2.50. The molecule has 0 atom stereocenters. The van der Waals surface area contributed by atoms with Crippen LogP contribution in [-0.4, -0.2) is 57.3 Å².